The number of rotatable bonds is 4. The molecule has 3 rings (SSSR count). The lowest BCUT2D eigenvalue weighted by molar-refractivity contribution is 0.103. The number of carbonyl (C=O) groups excluding carboxylic acids is 1. The number of carbonyl (C=O) groups is 1. The van der Waals surface area contributed by atoms with Gasteiger partial charge in [-0.1, -0.05) is 6.07 Å². The minimum atomic E-state index is -0.138. The van der Waals surface area contributed by atoms with Crippen LogP contribution in [0.5, 0.6) is 5.75 Å². The first-order valence-electron chi connectivity index (χ1n) is 6.14. The van der Waals surface area contributed by atoms with Crippen molar-refractivity contribution in [2.24, 2.45) is 0 Å². The van der Waals surface area contributed by atoms with E-state index in [1.807, 2.05) is 23.6 Å². The number of hydrogen-bond donors (Lipinski definition) is 1. The van der Waals surface area contributed by atoms with Crippen LogP contribution in [-0.2, 0) is 0 Å². The predicted octanol–water partition coefficient (Wildman–Crippen LogP) is 4.12. The van der Waals surface area contributed by atoms with Gasteiger partial charge < -0.3 is 10.1 Å². The molecule has 0 atom stereocenters. The van der Waals surface area contributed by atoms with E-state index in [1.165, 1.54) is 11.3 Å². The molecule has 0 radical (unpaired) electrons. The standard InChI is InChI=1S/C15H10N2O2S2/c16-5-6-19-11-3-1-2-10(8-11)17-15(18)14-9-13-12(21-14)4-7-20-13/h1-4,7-9H,6H2,(H,17,18). The number of fused-ring (bicyclic) bond motifs is 1. The molecule has 0 bridgehead atoms. The first-order valence-corrected chi connectivity index (χ1v) is 7.84. The molecule has 1 amide bonds. The van der Waals surface area contributed by atoms with Gasteiger partial charge in [-0.15, -0.1) is 22.7 Å². The molecule has 0 aliphatic carbocycles. The zero-order valence-corrected chi connectivity index (χ0v) is 12.5. The second-order valence-corrected chi connectivity index (χ2v) is 6.22. The number of amides is 1. The molecule has 0 spiro atoms. The minimum Gasteiger partial charge on any atom is -0.479 e. The van der Waals surface area contributed by atoms with Crippen LogP contribution in [0, 0.1) is 11.3 Å². The molecule has 1 N–H and O–H groups in total. The molecule has 0 fully saturated rings. The van der Waals surface area contributed by atoms with E-state index in [-0.39, 0.29) is 12.5 Å². The Hall–Kier alpha value is -2.36. The Labute approximate surface area is 129 Å². The highest BCUT2D eigenvalue weighted by Crippen LogP contribution is 2.30. The van der Waals surface area contributed by atoms with Gasteiger partial charge in [0.15, 0.2) is 6.61 Å². The van der Waals surface area contributed by atoms with Crippen molar-refractivity contribution in [2.45, 2.75) is 0 Å². The number of nitriles is 1. The Bertz CT molecular complexity index is 801. The van der Waals surface area contributed by atoms with Crippen LogP contribution in [0.25, 0.3) is 9.40 Å². The van der Waals surface area contributed by atoms with Gasteiger partial charge in [-0.25, -0.2) is 0 Å². The highest BCUT2D eigenvalue weighted by atomic mass is 32.1. The van der Waals surface area contributed by atoms with Crippen LogP contribution in [0.1, 0.15) is 9.67 Å². The number of hydrogen-bond acceptors (Lipinski definition) is 5. The number of nitrogens with one attached hydrogen (secondary N) is 1. The summed E-state index contributed by atoms with van der Waals surface area (Å²) in [6.07, 6.45) is 0. The van der Waals surface area contributed by atoms with Crippen LogP contribution >= 0.6 is 22.7 Å². The minimum absolute atomic E-state index is 0.0153. The summed E-state index contributed by atoms with van der Waals surface area (Å²) in [5.74, 6) is 0.419. The highest BCUT2D eigenvalue weighted by Gasteiger charge is 2.11. The van der Waals surface area contributed by atoms with Gasteiger partial charge in [-0.3, -0.25) is 4.79 Å². The predicted molar refractivity (Wildman–Crippen MR) is 85.2 cm³/mol. The van der Waals surface area contributed by atoms with Crippen LogP contribution in [0.15, 0.2) is 41.8 Å². The van der Waals surface area contributed by atoms with Crippen LogP contribution in [0.4, 0.5) is 5.69 Å². The summed E-state index contributed by atoms with van der Waals surface area (Å²) in [4.78, 5) is 12.9. The molecule has 6 heteroatoms. The molecule has 0 unspecified atom stereocenters. The fraction of sp³-hybridized carbons (Fsp3) is 0.0667. The average molecular weight is 314 g/mol. The molecule has 2 aromatic heterocycles. The highest BCUT2D eigenvalue weighted by molar-refractivity contribution is 7.27. The fourth-order valence-electron chi connectivity index (χ4n) is 1.85. The third kappa shape index (κ3) is 3.05. The SMILES string of the molecule is N#CCOc1cccc(NC(=O)c2cc3sccc3s2)c1. The quantitative estimate of drug-likeness (QED) is 0.788. The summed E-state index contributed by atoms with van der Waals surface area (Å²) >= 11 is 3.10. The topological polar surface area (TPSA) is 62.1 Å². The zero-order valence-electron chi connectivity index (χ0n) is 10.8. The Morgan fingerprint density at radius 1 is 1.29 bits per heavy atom. The Kier molecular flexibility index (Phi) is 3.86. The Morgan fingerprint density at radius 2 is 2.19 bits per heavy atom. The van der Waals surface area contributed by atoms with Gasteiger partial charge in [-0.2, -0.15) is 5.26 Å². The molecule has 1 aromatic carbocycles. The van der Waals surface area contributed by atoms with Crippen LogP contribution in [0.3, 0.4) is 0 Å². The number of thiophene rings is 2. The number of benzene rings is 1. The second kappa shape index (κ2) is 5.95. The summed E-state index contributed by atoms with van der Waals surface area (Å²) in [7, 11) is 0. The average Bonchev–Trinajstić information content (AvgIpc) is 3.06. The van der Waals surface area contributed by atoms with Gasteiger partial charge >= 0.3 is 0 Å². The molecule has 0 saturated carbocycles. The van der Waals surface area contributed by atoms with E-state index in [9.17, 15) is 4.79 Å². The summed E-state index contributed by atoms with van der Waals surface area (Å²) < 4.78 is 7.45. The third-order valence-electron chi connectivity index (χ3n) is 2.76. The number of anilines is 1. The maximum absolute atomic E-state index is 12.2. The van der Waals surface area contributed by atoms with E-state index < -0.39 is 0 Å². The fourth-order valence-corrected chi connectivity index (χ4v) is 3.85. The van der Waals surface area contributed by atoms with Gasteiger partial charge in [-0.05, 0) is 29.6 Å². The van der Waals surface area contributed by atoms with Crippen LogP contribution in [-0.4, -0.2) is 12.5 Å². The van der Waals surface area contributed by atoms with E-state index in [0.717, 1.165) is 9.40 Å². The van der Waals surface area contributed by atoms with Crippen molar-refractivity contribution in [1.29, 1.82) is 5.26 Å². The van der Waals surface area contributed by atoms with E-state index in [4.69, 9.17) is 10.00 Å². The van der Waals surface area contributed by atoms with Gasteiger partial charge in [0, 0.05) is 21.2 Å². The molecule has 0 saturated heterocycles. The molecular weight excluding hydrogens is 304 g/mol. The lowest BCUT2D eigenvalue weighted by Crippen LogP contribution is -2.10. The zero-order chi connectivity index (χ0) is 14.7. The first-order chi connectivity index (χ1) is 10.3. The second-order valence-electron chi connectivity index (χ2n) is 4.19. The number of ether oxygens (including phenoxy) is 1. The Morgan fingerprint density at radius 3 is 3.00 bits per heavy atom. The summed E-state index contributed by atoms with van der Waals surface area (Å²) in [6.45, 7) is -0.0153. The summed E-state index contributed by atoms with van der Waals surface area (Å²) in [5.41, 5.74) is 0.646. The Balaban J connectivity index is 1.75. The molecule has 21 heavy (non-hydrogen) atoms. The molecule has 3 aromatic rings. The van der Waals surface area contributed by atoms with Crippen molar-refractivity contribution in [1.82, 2.24) is 0 Å². The summed E-state index contributed by atoms with van der Waals surface area (Å²) in [6, 6.07) is 12.8. The van der Waals surface area contributed by atoms with Crippen molar-refractivity contribution >= 4 is 43.7 Å². The third-order valence-corrected chi connectivity index (χ3v) is 4.85. The van der Waals surface area contributed by atoms with Crippen molar-refractivity contribution in [2.75, 3.05) is 11.9 Å². The lowest BCUT2D eigenvalue weighted by atomic mass is 10.3. The van der Waals surface area contributed by atoms with Crippen molar-refractivity contribution in [3.8, 4) is 11.8 Å². The van der Waals surface area contributed by atoms with E-state index in [1.54, 1.807) is 35.6 Å². The van der Waals surface area contributed by atoms with Crippen molar-refractivity contribution < 1.29 is 9.53 Å². The molecule has 4 nitrogen and oxygen atoms in total. The molecule has 2 heterocycles. The summed E-state index contributed by atoms with van der Waals surface area (Å²) in [5, 5.41) is 13.3. The number of nitrogens with zero attached hydrogens (tertiary/aromatic N) is 1. The molecular formula is C15H10N2O2S2. The van der Waals surface area contributed by atoms with Crippen molar-refractivity contribution in [3.63, 3.8) is 0 Å². The monoisotopic (exact) mass is 314 g/mol. The van der Waals surface area contributed by atoms with Crippen LogP contribution < -0.4 is 10.1 Å². The molecule has 0 aliphatic rings. The first kappa shape index (κ1) is 13.6. The molecule has 104 valence electrons. The molecule has 0 aliphatic heterocycles. The lowest BCUT2D eigenvalue weighted by Gasteiger charge is -2.06. The smallest absolute Gasteiger partial charge is 0.265 e. The van der Waals surface area contributed by atoms with E-state index in [0.29, 0.717) is 16.3 Å². The van der Waals surface area contributed by atoms with Gasteiger partial charge in [0.1, 0.15) is 11.8 Å². The van der Waals surface area contributed by atoms with Crippen molar-refractivity contribution in [3.05, 3.63) is 46.7 Å². The van der Waals surface area contributed by atoms with Gasteiger partial charge in [0.2, 0.25) is 0 Å². The van der Waals surface area contributed by atoms with E-state index >= 15 is 0 Å². The maximum Gasteiger partial charge on any atom is 0.265 e. The maximum atomic E-state index is 12.2. The van der Waals surface area contributed by atoms with E-state index in [2.05, 4.69) is 5.32 Å². The van der Waals surface area contributed by atoms with Crippen LogP contribution in [0.2, 0.25) is 0 Å². The van der Waals surface area contributed by atoms with Gasteiger partial charge in [0.25, 0.3) is 5.91 Å². The normalized spacial score (nSPS) is 10.2. The van der Waals surface area contributed by atoms with Gasteiger partial charge in [0.05, 0.1) is 4.88 Å². The largest absolute Gasteiger partial charge is 0.479 e.